The van der Waals surface area contributed by atoms with E-state index >= 15 is 0 Å². The summed E-state index contributed by atoms with van der Waals surface area (Å²) in [5.74, 6) is 7.49. The largest absolute Gasteiger partial charge is 0.486 e. The van der Waals surface area contributed by atoms with Crippen molar-refractivity contribution >= 4 is 0 Å². The number of aliphatic hydroxyl groups excluding tert-OH is 2. The Morgan fingerprint density at radius 2 is 1.80 bits per heavy atom. The molecular weight excluding hydrogens is 380 g/mol. The smallest absolute Gasteiger partial charge is 0.145 e. The monoisotopic (exact) mass is 404 g/mol. The molecule has 2 aromatic carbocycles. The minimum absolute atomic E-state index is 0.162. The van der Waals surface area contributed by atoms with E-state index in [1.165, 1.54) is 0 Å². The normalized spacial score (nSPS) is 15.6. The van der Waals surface area contributed by atoms with Crippen LogP contribution in [0.2, 0.25) is 0 Å². The Hall–Kier alpha value is -3.11. The number of aliphatic hydroxyl groups is 2. The zero-order valence-corrected chi connectivity index (χ0v) is 16.7. The molecule has 2 atom stereocenters. The van der Waals surface area contributed by atoms with Gasteiger partial charge in [-0.05, 0) is 42.3 Å². The number of rotatable bonds is 6. The lowest BCUT2D eigenvalue weighted by atomic mass is 10.0. The molecule has 154 valence electrons. The molecule has 2 N–H and O–H groups in total. The maximum atomic E-state index is 9.81. The lowest BCUT2D eigenvalue weighted by Gasteiger charge is -2.26. The van der Waals surface area contributed by atoms with Crippen molar-refractivity contribution in [3.8, 4) is 28.7 Å². The molecule has 0 amide bonds. The van der Waals surface area contributed by atoms with E-state index in [1.54, 1.807) is 23.9 Å². The van der Waals surface area contributed by atoms with Crippen LogP contribution in [0, 0.1) is 11.8 Å². The fraction of sp³-hybridized carbons (Fsp3) is 0.292. The zero-order valence-electron chi connectivity index (χ0n) is 16.7. The summed E-state index contributed by atoms with van der Waals surface area (Å²) >= 11 is 0. The molecule has 0 radical (unpaired) electrons. The minimum atomic E-state index is -0.728. The van der Waals surface area contributed by atoms with E-state index in [0.29, 0.717) is 19.0 Å². The van der Waals surface area contributed by atoms with E-state index < -0.39 is 12.1 Å². The third kappa shape index (κ3) is 4.55. The number of ether oxygens (including phenoxy) is 2. The number of hydrogen-bond donors (Lipinski definition) is 2. The van der Waals surface area contributed by atoms with Crippen molar-refractivity contribution in [1.29, 1.82) is 0 Å². The third-order valence-electron chi connectivity index (χ3n) is 4.95. The van der Waals surface area contributed by atoms with Gasteiger partial charge in [0.1, 0.15) is 29.8 Å². The van der Waals surface area contributed by atoms with Crippen molar-refractivity contribution in [3.05, 3.63) is 72.3 Å². The van der Waals surface area contributed by atoms with Crippen LogP contribution in [-0.4, -0.2) is 45.7 Å². The van der Waals surface area contributed by atoms with Gasteiger partial charge in [0.2, 0.25) is 0 Å². The molecule has 1 aromatic heterocycles. The van der Waals surface area contributed by atoms with Crippen LogP contribution in [0.4, 0.5) is 0 Å². The molecule has 0 spiro atoms. The standard InChI is InChI=1S/C24H24N2O4/c1-17(28)24-25-12-13-26(24)21(14-27)9-4-18-2-5-19(6-3-18)20-7-10-22(11-8-20)30-23-15-29-16-23/h2-3,5-8,10-13,17,21,23,27-28H,14-16H2,1H3/t17-,21-/m0/s1. The average molecular weight is 404 g/mol. The van der Waals surface area contributed by atoms with Gasteiger partial charge >= 0.3 is 0 Å². The summed E-state index contributed by atoms with van der Waals surface area (Å²) in [4.78, 5) is 4.13. The highest BCUT2D eigenvalue weighted by Crippen LogP contribution is 2.24. The van der Waals surface area contributed by atoms with Crippen molar-refractivity contribution in [2.24, 2.45) is 0 Å². The Morgan fingerprint density at radius 3 is 2.37 bits per heavy atom. The lowest BCUT2D eigenvalue weighted by molar-refractivity contribution is -0.0796. The molecule has 1 aliphatic heterocycles. The predicted molar refractivity (Wildman–Crippen MR) is 113 cm³/mol. The quantitative estimate of drug-likeness (QED) is 0.618. The maximum Gasteiger partial charge on any atom is 0.145 e. The lowest BCUT2D eigenvalue weighted by Crippen LogP contribution is -2.38. The molecule has 6 heteroatoms. The summed E-state index contributed by atoms with van der Waals surface area (Å²) in [7, 11) is 0. The molecule has 6 nitrogen and oxygen atoms in total. The van der Waals surface area contributed by atoms with Gasteiger partial charge in [0.15, 0.2) is 0 Å². The van der Waals surface area contributed by atoms with Crippen LogP contribution < -0.4 is 4.74 Å². The first kappa shape index (κ1) is 20.2. The van der Waals surface area contributed by atoms with Crippen molar-refractivity contribution in [3.63, 3.8) is 0 Å². The van der Waals surface area contributed by atoms with E-state index in [-0.39, 0.29) is 12.7 Å². The minimum Gasteiger partial charge on any atom is -0.486 e. The summed E-state index contributed by atoms with van der Waals surface area (Å²) < 4.78 is 12.6. The first-order chi connectivity index (χ1) is 14.6. The van der Waals surface area contributed by atoms with Gasteiger partial charge < -0.3 is 24.3 Å². The molecule has 4 rings (SSSR count). The summed E-state index contributed by atoms with van der Waals surface area (Å²) in [6.07, 6.45) is 2.74. The van der Waals surface area contributed by atoms with Crippen LogP contribution in [0.15, 0.2) is 60.9 Å². The van der Waals surface area contributed by atoms with Crippen molar-refractivity contribution in [2.45, 2.75) is 25.2 Å². The summed E-state index contributed by atoms with van der Waals surface area (Å²) in [5.41, 5.74) is 3.03. The number of aromatic nitrogens is 2. The summed E-state index contributed by atoms with van der Waals surface area (Å²) in [6, 6.07) is 15.5. The molecule has 2 heterocycles. The van der Waals surface area contributed by atoms with Crippen LogP contribution in [0.5, 0.6) is 5.75 Å². The van der Waals surface area contributed by atoms with Gasteiger partial charge in [-0.2, -0.15) is 0 Å². The molecule has 0 bridgehead atoms. The van der Waals surface area contributed by atoms with E-state index in [2.05, 4.69) is 16.8 Å². The van der Waals surface area contributed by atoms with E-state index in [4.69, 9.17) is 9.47 Å². The van der Waals surface area contributed by atoms with Gasteiger partial charge in [0, 0.05) is 18.0 Å². The Balaban J connectivity index is 1.45. The fourth-order valence-electron chi connectivity index (χ4n) is 3.23. The number of benzene rings is 2. The molecule has 1 aliphatic rings. The second-order valence-corrected chi connectivity index (χ2v) is 7.22. The van der Waals surface area contributed by atoms with Gasteiger partial charge in [0.25, 0.3) is 0 Å². The number of imidazole rings is 1. The highest BCUT2D eigenvalue weighted by Gasteiger charge is 2.19. The molecule has 30 heavy (non-hydrogen) atoms. The molecule has 0 saturated carbocycles. The van der Waals surface area contributed by atoms with Crippen LogP contribution in [0.25, 0.3) is 11.1 Å². The molecule has 0 unspecified atom stereocenters. The van der Waals surface area contributed by atoms with Crippen LogP contribution >= 0.6 is 0 Å². The van der Waals surface area contributed by atoms with Crippen molar-refractivity contribution in [2.75, 3.05) is 19.8 Å². The first-order valence-corrected chi connectivity index (χ1v) is 9.92. The second kappa shape index (κ2) is 9.14. The SMILES string of the molecule is C[C@H](O)c1nccn1[C@@H](C#Cc1ccc(-c2ccc(OC3COC3)cc2)cc1)CO. The number of nitrogens with zero attached hydrogens (tertiary/aromatic N) is 2. The first-order valence-electron chi connectivity index (χ1n) is 9.92. The van der Waals surface area contributed by atoms with Crippen molar-refractivity contribution < 1.29 is 19.7 Å². The molecule has 1 saturated heterocycles. The van der Waals surface area contributed by atoms with E-state index in [0.717, 1.165) is 22.4 Å². The molecule has 0 aliphatic carbocycles. The second-order valence-electron chi connectivity index (χ2n) is 7.22. The van der Waals surface area contributed by atoms with Gasteiger partial charge in [-0.25, -0.2) is 4.98 Å². The van der Waals surface area contributed by atoms with Gasteiger partial charge in [-0.3, -0.25) is 0 Å². The van der Waals surface area contributed by atoms with Gasteiger partial charge in [0.05, 0.1) is 19.8 Å². The Morgan fingerprint density at radius 1 is 1.13 bits per heavy atom. The highest BCUT2D eigenvalue weighted by atomic mass is 16.6. The Kier molecular flexibility index (Phi) is 6.15. The third-order valence-corrected chi connectivity index (χ3v) is 4.95. The van der Waals surface area contributed by atoms with Gasteiger partial charge in [-0.1, -0.05) is 36.1 Å². The van der Waals surface area contributed by atoms with Crippen molar-refractivity contribution in [1.82, 2.24) is 9.55 Å². The van der Waals surface area contributed by atoms with E-state index in [1.807, 2.05) is 48.5 Å². The van der Waals surface area contributed by atoms with E-state index in [9.17, 15) is 10.2 Å². The predicted octanol–water partition coefficient (Wildman–Crippen LogP) is 2.97. The molecule has 3 aromatic rings. The zero-order chi connectivity index (χ0) is 20.9. The van der Waals surface area contributed by atoms with Crippen LogP contribution in [0.3, 0.4) is 0 Å². The maximum absolute atomic E-state index is 9.81. The summed E-state index contributed by atoms with van der Waals surface area (Å²) in [6.45, 7) is 2.79. The summed E-state index contributed by atoms with van der Waals surface area (Å²) in [5, 5.41) is 19.5. The average Bonchev–Trinajstić information content (AvgIpc) is 3.22. The fourth-order valence-corrected chi connectivity index (χ4v) is 3.23. The highest BCUT2D eigenvalue weighted by molar-refractivity contribution is 5.65. The number of hydrogen-bond acceptors (Lipinski definition) is 5. The topological polar surface area (TPSA) is 76.7 Å². The molecule has 1 fully saturated rings. The Bertz CT molecular complexity index is 1030. The van der Waals surface area contributed by atoms with Gasteiger partial charge in [-0.15, -0.1) is 0 Å². The van der Waals surface area contributed by atoms with Crippen LogP contribution in [-0.2, 0) is 4.74 Å². The van der Waals surface area contributed by atoms with Crippen LogP contribution in [0.1, 0.15) is 30.5 Å². The Labute approximate surface area is 175 Å². The molecular formula is C24H24N2O4.